The third-order valence-electron chi connectivity index (χ3n) is 2.85. The summed E-state index contributed by atoms with van der Waals surface area (Å²) in [4.78, 5) is 12.4. The highest BCUT2D eigenvalue weighted by Crippen LogP contribution is 2.31. The van der Waals surface area contributed by atoms with Gasteiger partial charge in [-0.15, -0.1) is 5.10 Å². The lowest BCUT2D eigenvalue weighted by Gasteiger charge is -2.10. The summed E-state index contributed by atoms with van der Waals surface area (Å²) in [5.74, 6) is 0.613. The fourth-order valence-corrected chi connectivity index (χ4v) is 2.87. The molecule has 7 nitrogen and oxygen atoms in total. The van der Waals surface area contributed by atoms with Crippen LogP contribution in [0.25, 0.3) is 0 Å². The number of hydrogen-bond acceptors (Lipinski definition) is 5. The summed E-state index contributed by atoms with van der Waals surface area (Å²) in [6.07, 6.45) is 0.824. The van der Waals surface area contributed by atoms with Crippen LogP contribution in [-0.4, -0.2) is 27.7 Å². The number of hydrogen-bond donors (Lipinski definition) is 3. The molecule has 8 heteroatoms. The number of nitrogen functional groups attached to an aromatic ring is 1. The van der Waals surface area contributed by atoms with E-state index in [1.165, 1.54) is 11.8 Å². The molecule has 2 aromatic rings. The van der Waals surface area contributed by atoms with Crippen molar-refractivity contribution in [2.75, 3.05) is 7.11 Å². The van der Waals surface area contributed by atoms with Crippen LogP contribution in [0, 0.1) is 5.41 Å². The van der Waals surface area contributed by atoms with Crippen molar-refractivity contribution in [3.8, 4) is 5.75 Å². The number of aromatic nitrogens is 3. The van der Waals surface area contributed by atoms with E-state index in [9.17, 15) is 4.79 Å². The number of rotatable bonds is 6. The van der Waals surface area contributed by atoms with Crippen molar-refractivity contribution in [1.82, 2.24) is 14.8 Å². The molecule has 0 amide bonds. The van der Waals surface area contributed by atoms with E-state index in [-0.39, 0.29) is 11.5 Å². The van der Waals surface area contributed by atoms with Gasteiger partial charge in [-0.25, -0.2) is 9.89 Å². The molecule has 0 aliphatic heterocycles. The van der Waals surface area contributed by atoms with Crippen molar-refractivity contribution in [3.05, 3.63) is 34.2 Å². The number of nitrogens with one attached hydrogen (secondary N) is 2. The number of nitrogens with two attached hydrogens (primary N) is 1. The fraction of sp³-hybridized carbons (Fsp3) is 0.308. The number of benzene rings is 1. The molecule has 1 aromatic carbocycles. The molecule has 21 heavy (non-hydrogen) atoms. The van der Waals surface area contributed by atoms with Gasteiger partial charge >= 0.3 is 5.69 Å². The molecule has 0 radical (unpaired) electrons. The summed E-state index contributed by atoms with van der Waals surface area (Å²) in [5.41, 5.74) is 5.93. The summed E-state index contributed by atoms with van der Waals surface area (Å²) in [5, 5.41) is 14.6. The van der Waals surface area contributed by atoms with Crippen molar-refractivity contribution in [2.45, 2.75) is 29.9 Å². The zero-order valence-electron chi connectivity index (χ0n) is 11.8. The van der Waals surface area contributed by atoms with Crippen molar-refractivity contribution >= 4 is 17.6 Å². The van der Waals surface area contributed by atoms with Crippen molar-refractivity contribution in [1.29, 1.82) is 5.41 Å². The van der Waals surface area contributed by atoms with E-state index < -0.39 is 0 Å². The van der Waals surface area contributed by atoms with E-state index in [1.807, 2.05) is 6.92 Å². The van der Waals surface area contributed by atoms with Gasteiger partial charge in [-0.1, -0.05) is 6.92 Å². The highest BCUT2D eigenvalue weighted by molar-refractivity contribution is 7.99. The third-order valence-corrected chi connectivity index (χ3v) is 3.90. The van der Waals surface area contributed by atoms with Crippen LogP contribution >= 0.6 is 11.8 Å². The Bertz CT molecular complexity index is 707. The Morgan fingerprint density at radius 2 is 2.33 bits per heavy atom. The van der Waals surface area contributed by atoms with Gasteiger partial charge in [-0.2, -0.15) is 0 Å². The lowest BCUT2D eigenvalue weighted by Crippen LogP contribution is -2.17. The number of nitrogens with zero attached hydrogens (tertiary/aromatic N) is 2. The average Bonchev–Trinajstić information content (AvgIpc) is 2.80. The first-order chi connectivity index (χ1) is 10.1. The minimum Gasteiger partial charge on any atom is -0.497 e. The smallest absolute Gasteiger partial charge is 0.343 e. The van der Waals surface area contributed by atoms with Crippen molar-refractivity contribution in [2.24, 2.45) is 5.73 Å². The molecule has 0 unspecified atom stereocenters. The minimum absolute atomic E-state index is 0.0416. The number of methoxy groups -OCH3 is 1. The van der Waals surface area contributed by atoms with Crippen LogP contribution in [0.5, 0.6) is 5.75 Å². The first-order valence-corrected chi connectivity index (χ1v) is 7.24. The zero-order valence-corrected chi connectivity index (χ0v) is 12.7. The number of aromatic amines is 1. The molecule has 0 spiro atoms. The van der Waals surface area contributed by atoms with E-state index in [0.717, 1.165) is 11.3 Å². The molecule has 0 fully saturated rings. The topological polar surface area (TPSA) is 110 Å². The molecule has 2 rings (SSSR count). The van der Waals surface area contributed by atoms with Crippen molar-refractivity contribution in [3.63, 3.8) is 0 Å². The molecule has 0 saturated carbocycles. The first kappa shape index (κ1) is 15.2. The maximum atomic E-state index is 11.7. The molecule has 1 aromatic heterocycles. The van der Waals surface area contributed by atoms with E-state index >= 15 is 0 Å². The van der Waals surface area contributed by atoms with E-state index in [1.54, 1.807) is 29.9 Å². The van der Waals surface area contributed by atoms with Crippen LogP contribution in [0.1, 0.15) is 18.9 Å². The molecular formula is C13H17N5O2S. The lowest BCUT2D eigenvalue weighted by atomic mass is 10.2. The molecule has 0 saturated heterocycles. The van der Waals surface area contributed by atoms with Crippen LogP contribution in [0.15, 0.2) is 33.0 Å². The third kappa shape index (κ3) is 3.27. The lowest BCUT2D eigenvalue weighted by molar-refractivity contribution is 0.413. The van der Waals surface area contributed by atoms with Gasteiger partial charge in [0.15, 0.2) is 5.16 Å². The summed E-state index contributed by atoms with van der Waals surface area (Å²) < 4.78 is 6.75. The normalized spacial score (nSPS) is 10.6. The Kier molecular flexibility index (Phi) is 4.69. The highest BCUT2D eigenvalue weighted by Gasteiger charge is 2.14. The Morgan fingerprint density at radius 1 is 1.57 bits per heavy atom. The monoisotopic (exact) mass is 307 g/mol. The second kappa shape index (κ2) is 6.49. The maximum Gasteiger partial charge on any atom is 0.343 e. The molecule has 0 atom stereocenters. The van der Waals surface area contributed by atoms with E-state index in [4.69, 9.17) is 15.9 Å². The fourth-order valence-electron chi connectivity index (χ4n) is 1.84. The largest absolute Gasteiger partial charge is 0.497 e. The standard InChI is InChI=1S/C13H17N5O2S/c1-3-6-18-12(19)16-17-13(18)21-10-7-8(20-2)4-5-9(10)11(14)15/h4-5,7H,3,6H2,1-2H3,(H3,14,15)(H,16,19). The van der Waals surface area contributed by atoms with Crippen LogP contribution in [0.3, 0.4) is 0 Å². The summed E-state index contributed by atoms with van der Waals surface area (Å²) >= 11 is 1.28. The van der Waals surface area contributed by atoms with Crippen LogP contribution in [0.2, 0.25) is 0 Å². The Balaban J connectivity index is 2.43. The molecule has 4 N–H and O–H groups in total. The SMILES string of the molecule is CCCn1c(Sc2cc(OC)ccc2C(=N)N)n[nH]c1=O. The molecule has 0 aliphatic rings. The number of H-pyrrole nitrogens is 1. The Labute approximate surface area is 126 Å². The Hall–Kier alpha value is -2.22. The second-order valence-electron chi connectivity index (χ2n) is 4.34. The zero-order chi connectivity index (χ0) is 15.4. The summed E-state index contributed by atoms with van der Waals surface area (Å²) in [6.45, 7) is 2.57. The first-order valence-electron chi connectivity index (χ1n) is 6.42. The molecule has 1 heterocycles. The van der Waals surface area contributed by atoms with Gasteiger partial charge in [0.05, 0.1) is 7.11 Å². The number of amidine groups is 1. The van der Waals surface area contributed by atoms with Gasteiger partial charge in [0.2, 0.25) is 0 Å². The summed E-state index contributed by atoms with van der Waals surface area (Å²) in [6, 6.07) is 5.24. The second-order valence-corrected chi connectivity index (χ2v) is 5.35. The predicted octanol–water partition coefficient (Wildman–Crippen LogP) is 1.43. The predicted molar refractivity (Wildman–Crippen MR) is 81.3 cm³/mol. The van der Waals surface area contributed by atoms with Gasteiger partial charge in [0, 0.05) is 17.0 Å². The van der Waals surface area contributed by atoms with Gasteiger partial charge in [0.25, 0.3) is 0 Å². The molecule has 112 valence electrons. The Morgan fingerprint density at radius 3 is 2.95 bits per heavy atom. The van der Waals surface area contributed by atoms with Crippen LogP contribution in [0.4, 0.5) is 0 Å². The molecular weight excluding hydrogens is 290 g/mol. The van der Waals surface area contributed by atoms with Gasteiger partial charge in [0.1, 0.15) is 11.6 Å². The summed E-state index contributed by atoms with van der Waals surface area (Å²) in [7, 11) is 1.57. The highest BCUT2D eigenvalue weighted by atomic mass is 32.2. The van der Waals surface area contributed by atoms with Crippen LogP contribution < -0.4 is 16.2 Å². The van der Waals surface area contributed by atoms with Crippen LogP contribution in [-0.2, 0) is 6.54 Å². The number of ether oxygens (including phenoxy) is 1. The quantitative estimate of drug-likeness (QED) is 0.552. The van der Waals surface area contributed by atoms with Gasteiger partial charge in [-0.05, 0) is 36.4 Å². The minimum atomic E-state index is -0.244. The van der Waals surface area contributed by atoms with Crippen molar-refractivity contribution < 1.29 is 4.74 Å². The molecule has 0 aliphatic carbocycles. The van der Waals surface area contributed by atoms with Gasteiger partial charge in [-0.3, -0.25) is 9.98 Å². The van der Waals surface area contributed by atoms with Gasteiger partial charge < -0.3 is 10.5 Å². The van der Waals surface area contributed by atoms with E-state index in [2.05, 4.69) is 10.2 Å². The maximum absolute atomic E-state index is 11.7. The molecule has 0 bridgehead atoms. The van der Waals surface area contributed by atoms with E-state index in [0.29, 0.717) is 23.0 Å². The average molecular weight is 307 g/mol.